The van der Waals surface area contributed by atoms with E-state index >= 15 is 0 Å². The summed E-state index contributed by atoms with van der Waals surface area (Å²) in [6.07, 6.45) is -9.65. The molecule has 39 heavy (non-hydrogen) atoms. The highest BCUT2D eigenvalue weighted by molar-refractivity contribution is 5.90. The van der Waals surface area contributed by atoms with E-state index in [1.54, 1.807) is 0 Å². The molecule has 1 fully saturated rings. The maximum atomic E-state index is 11.6. The van der Waals surface area contributed by atoms with Crippen molar-refractivity contribution >= 4 is 18.0 Å². The van der Waals surface area contributed by atoms with Crippen molar-refractivity contribution in [3.63, 3.8) is 0 Å². The van der Waals surface area contributed by atoms with Crippen LogP contribution in [0.5, 0.6) is 34.5 Å². The van der Waals surface area contributed by atoms with Crippen LogP contribution in [0.15, 0.2) is 30.0 Å². The Bertz CT molecular complexity index is 1300. The molecule has 1 saturated heterocycles. The summed E-state index contributed by atoms with van der Waals surface area (Å²) in [5, 5.41) is 89.7. The molecule has 0 spiro atoms. The van der Waals surface area contributed by atoms with E-state index in [4.69, 9.17) is 19.3 Å². The van der Waals surface area contributed by atoms with Gasteiger partial charge in [0.15, 0.2) is 28.8 Å². The first-order chi connectivity index (χ1) is 18.4. The lowest BCUT2D eigenvalue weighted by Gasteiger charge is -2.40. The van der Waals surface area contributed by atoms with Gasteiger partial charge in [0, 0.05) is 6.08 Å². The first kappa shape index (κ1) is 27.6. The second kappa shape index (κ2) is 10.7. The Balaban J connectivity index is 1.66. The zero-order chi connectivity index (χ0) is 28.6. The SMILES string of the molecule is O=C(O)CC(=O)OC[C@H]1O[C@@H](OC2=Cc3c(cc(O)c(O)c3O)[OH+]C2c2ccc(O)c(O)c2)[C@H](O)[C@@H](O)[C@@H]1O. The number of esters is 1. The molecule has 2 heterocycles. The number of phenols is 5. The molecule has 210 valence electrons. The first-order valence-corrected chi connectivity index (χ1v) is 11.3. The molecule has 0 amide bonds. The van der Waals surface area contributed by atoms with Gasteiger partial charge in [-0.3, -0.25) is 9.59 Å². The molecule has 0 bridgehead atoms. The van der Waals surface area contributed by atoms with Gasteiger partial charge in [-0.05, 0) is 18.2 Å². The summed E-state index contributed by atoms with van der Waals surface area (Å²) in [6, 6.07) is 4.73. The van der Waals surface area contributed by atoms with Crippen molar-refractivity contribution in [2.75, 3.05) is 6.61 Å². The molecular weight excluding hydrogens is 528 g/mol. The van der Waals surface area contributed by atoms with Gasteiger partial charge in [0.05, 0.1) is 11.6 Å². The summed E-state index contributed by atoms with van der Waals surface area (Å²) >= 11 is 0. The van der Waals surface area contributed by atoms with Crippen LogP contribution in [-0.2, 0) is 23.8 Å². The average Bonchev–Trinajstić information content (AvgIpc) is 2.88. The Morgan fingerprint density at radius 3 is 2.28 bits per heavy atom. The Morgan fingerprint density at radius 2 is 1.62 bits per heavy atom. The van der Waals surface area contributed by atoms with Crippen molar-refractivity contribution in [1.82, 2.24) is 0 Å². The molecule has 2 aromatic carbocycles. The Morgan fingerprint density at radius 1 is 0.897 bits per heavy atom. The molecule has 0 radical (unpaired) electrons. The third-order valence-electron chi connectivity index (χ3n) is 6.04. The summed E-state index contributed by atoms with van der Waals surface area (Å²) in [5.74, 6) is -6.02. The predicted molar refractivity (Wildman–Crippen MR) is 125 cm³/mol. The first-order valence-electron chi connectivity index (χ1n) is 11.3. The lowest BCUT2D eigenvalue weighted by molar-refractivity contribution is -0.296. The van der Waals surface area contributed by atoms with E-state index < -0.39 is 90.5 Å². The van der Waals surface area contributed by atoms with Crippen molar-refractivity contribution in [2.45, 2.75) is 43.2 Å². The van der Waals surface area contributed by atoms with Crippen LogP contribution in [-0.4, -0.2) is 99.9 Å². The monoisotopic (exact) mass is 553 g/mol. The Kier molecular flexibility index (Phi) is 7.60. The topological polar surface area (TPSA) is 257 Å². The van der Waals surface area contributed by atoms with Crippen molar-refractivity contribution in [3.05, 3.63) is 41.2 Å². The number of carboxylic acid groups (broad SMARTS) is 1. The van der Waals surface area contributed by atoms with Crippen molar-refractivity contribution in [2.24, 2.45) is 0 Å². The smallest absolute Gasteiger partial charge is 0.317 e. The van der Waals surface area contributed by atoms with E-state index in [1.807, 2.05) is 0 Å². The minimum absolute atomic E-state index is 0.00324. The van der Waals surface area contributed by atoms with Gasteiger partial charge in [0.25, 0.3) is 11.9 Å². The van der Waals surface area contributed by atoms with E-state index in [0.717, 1.165) is 18.2 Å². The van der Waals surface area contributed by atoms with Gasteiger partial charge in [0.1, 0.15) is 43.0 Å². The number of carbonyl (C=O) groups is 2. The van der Waals surface area contributed by atoms with Crippen LogP contribution < -0.4 is 0 Å². The van der Waals surface area contributed by atoms with Crippen molar-refractivity contribution in [3.8, 4) is 34.5 Å². The lowest BCUT2D eigenvalue weighted by Crippen LogP contribution is -2.59. The molecule has 2 aromatic rings. The molecule has 10 N–H and O–H groups in total. The number of aliphatic hydroxyl groups excluding tert-OH is 3. The number of aliphatic carboxylic acids is 1. The van der Waals surface area contributed by atoms with Gasteiger partial charge in [-0.1, -0.05) is 0 Å². The maximum Gasteiger partial charge on any atom is 0.317 e. The second-order valence-electron chi connectivity index (χ2n) is 8.74. The number of fused-ring (bicyclic) bond motifs is 1. The third kappa shape index (κ3) is 5.56. The van der Waals surface area contributed by atoms with E-state index in [2.05, 4.69) is 4.74 Å². The summed E-state index contributed by atoms with van der Waals surface area (Å²) in [4.78, 5) is 22.3. The summed E-state index contributed by atoms with van der Waals surface area (Å²) in [5.41, 5.74) is 0.115. The Hall–Kier alpha value is -4.44. The standard InChI is InChI=1S/C24H24O15/c25-10-2-1-8(3-11(10)26)23-14(4-9-13(37-23)5-12(27)19(32)18(9)31)38-24-22(35)21(34)20(33)15(39-24)7-36-17(30)6-16(28)29/h1-5,15,20-27,31-35H,6-7H2,(H,28,29)/p+1/t15-,20-,21+,22-,23?,24-/m1/s1. The van der Waals surface area contributed by atoms with Gasteiger partial charge in [-0.25, -0.2) is 0 Å². The third-order valence-corrected chi connectivity index (χ3v) is 6.04. The fraction of sp³-hybridized carbons (Fsp3) is 0.333. The number of hydrogen-bond acceptors (Lipinski definition) is 13. The molecule has 0 aliphatic carbocycles. The average molecular weight is 553 g/mol. The highest BCUT2D eigenvalue weighted by Gasteiger charge is 2.47. The number of benzene rings is 2. The van der Waals surface area contributed by atoms with Crippen LogP contribution in [0.4, 0.5) is 0 Å². The Labute approximate surface area is 218 Å². The molecule has 0 aromatic heterocycles. The van der Waals surface area contributed by atoms with Gasteiger partial charge in [-0.2, -0.15) is 0 Å². The van der Waals surface area contributed by atoms with Gasteiger partial charge >= 0.3 is 11.9 Å². The van der Waals surface area contributed by atoms with E-state index in [1.165, 1.54) is 12.1 Å². The van der Waals surface area contributed by atoms with Crippen molar-refractivity contribution < 1.29 is 74.5 Å². The quantitative estimate of drug-likeness (QED) is 0.0682. The predicted octanol–water partition coefficient (Wildman–Crippen LogP) is -0.606. The van der Waals surface area contributed by atoms with Crippen LogP contribution in [0.2, 0.25) is 0 Å². The van der Waals surface area contributed by atoms with Gasteiger partial charge in [-0.15, -0.1) is 0 Å². The van der Waals surface area contributed by atoms with Gasteiger partial charge < -0.3 is 64.9 Å². The van der Waals surface area contributed by atoms with Crippen molar-refractivity contribution in [1.29, 1.82) is 0 Å². The molecule has 6 atom stereocenters. The van der Waals surface area contributed by atoms with E-state index in [9.17, 15) is 50.4 Å². The summed E-state index contributed by atoms with van der Waals surface area (Å²) in [6.45, 7) is -0.702. The zero-order valence-corrected chi connectivity index (χ0v) is 19.8. The van der Waals surface area contributed by atoms with E-state index in [0.29, 0.717) is 0 Å². The van der Waals surface area contributed by atoms with Crippen LogP contribution in [0.3, 0.4) is 0 Å². The highest BCUT2D eigenvalue weighted by atomic mass is 16.7. The number of phenolic OH excluding ortho intramolecular Hbond substituents is 5. The number of rotatable bonds is 7. The van der Waals surface area contributed by atoms with Crippen LogP contribution in [0.25, 0.3) is 6.08 Å². The normalized spacial score (nSPS) is 26.1. The second-order valence-corrected chi connectivity index (χ2v) is 8.74. The van der Waals surface area contributed by atoms with Crippen LogP contribution in [0, 0.1) is 0 Å². The van der Waals surface area contributed by atoms with Crippen LogP contribution in [0.1, 0.15) is 23.7 Å². The number of carbonyl (C=O) groups excluding carboxylic acids is 1. The molecular formula is C24H25O15+. The molecule has 4 rings (SSSR count). The van der Waals surface area contributed by atoms with E-state index in [-0.39, 0.29) is 22.6 Å². The number of aliphatic hydroxyl groups is 4. The number of ether oxygens (including phenoxy) is 4. The largest absolute Gasteiger partial charge is 0.571 e. The molecule has 2 aliphatic rings. The fourth-order valence-corrected chi connectivity index (χ4v) is 4.00. The molecule has 0 saturated carbocycles. The van der Waals surface area contributed by atoms with Crippen LogP contribution >= 0.6 is 0 Å². The zero-order valence-electron chi connectivity index (χ0n) is 19.8. The lowest BCUT2D eigenvalue weighted by atomic mass is 9.98. The molecule has 1 unspecified atom stereocenters. The summed E-state index contributed by atoms with van der Waals surface area (Å²) in [7, 11) is 0. The maximum absolute atomic E-state index is 11.6. The number of hydrogen-bond donors (Lipinski definition) is 9. The molecule has 15 heteroatoms. The number of aromatic hydroxyl groups is 6. The van der Waals surface area contributed by atoms with Gasteiger partial charge in [0.2, 0.25) is 12.0 Å². The minimum atomic E-state index is -1.87. The molecule has 15 nitrogen and oxygen atoms in total. The fourth-order valence-electron chi connectivity index (χ4n) is 4.00. The highest BCUT2D eigenvalue weighted by Crippen LogP contribution is 2.50. The molecule has 2 aliphatic heterocycles. The minimum Gasteiger partial charge on any atom is -0.571 e. The summed E-state index contributed by atoms with van der Waals surface area (Å²) < 4.78 is 20.4. The number of carboxylic acids is 1.